The number of pyridine rings is 2. The number of carbonyl (C=O) groups excluding carboxylic acids is 2. The van der Waals surface area contributed by atoms with Gasteiger partial charge in [0.15, 0.2) is 0 Å². The smallest absolute Gasteiger partial charge is 0.338 e. The number of nitrogens with zero attached hydrogens (tertiary/aromatic N) is 3. The molecule has 1 atom stereocenters. The van der Waals surface area contributed by atoms with Gasteiger partial charge < -0.3 is 15.2 Å². The summed E-state index contributed by atoms with van der Waals surface area (Å²) in [6.45, 7) is 1.76. The lowest BCUT2D eigenvalue weighted by Gasteiger charge is -2.26. The van der Waals surface area contributed by atoms with Gasteiger partial charge in [-0.05, 0) is 48.4 Å². The molecule has 10 heteroatoms. The molecular formula is C23H20N4O5S. The average Bonchev–Trinajstić information content (AvgIpc) is 3.15. The van der Waals surface area contributed by atoms with E-state index in [1.807, 2.05) is 0 Å². The molecule has 2 N–H and O–H groups in total. The van der Waals surface area contributed by atoms with Gasteiger partial charge in [0, 0.05) is 24.8 Å². The van der Waals surface area contributed by atoms with Crippen LogP contribution in [-0.4, -0.2) is 40.2 Å². The number of hydrogen-bond acceptors (Lipinski definition) is 9. The predicted molar refractivity (Wildman–Crippen MR) is 122 cm³/mol. The van der Waals surface area contributed by atoms with E-state index in [0.29, 0.717) is 14.8 Å². The first-order valence-electron chi connectivity index (χ1n) is 10.0. The van der Waals surface area contributed by atoms with Crippen molar-refractivity contribution in [1.29, 1.82) is 0 Å². The molecule has 0 bridgehead atoms. The molecule has 0 fully saturated rings. The molecule has 33 heavy (non-hydrogen) atoms. The van der Waals surface area contributed by atoms with Crippen molar-refractivity contribution >= 4 is 40.7 Å². The molecule has 0 radical (unpaired) electrons. The van der Waals surface area contributed by atoms with Crippen molar-refractivity contribution in [3.63, 3.8) is 0 Å². The van der Waals surface area contributed by atoms with Gasteiger partial charge >= 0.3 is 11.9 Å². The molecule has 3 aromatic heterocycles. The Bertz CT molecular complexity index is 1420. The van der Waals surface area contributed by atoms with E-state index in [0.717, 1.165) is 16.9 Å². The summed E-state index contributed by atoms with van der Waals surface area (Å²) in [5, 5.41) is 0. The Morgan fingerprint density at radius 3 is 2.33 bits per heavy atom. The number of esters is 2. The zero-order chi connectivity index (χ0) is 23.5. The predicted octanol–water partition coefficient (Wildman–Crippen LogP) is 0.340. The number of thiazole rings is 1. The molecule has 1 unspecified atom stereocenters. The normalized spacial score (nSPS) is 15.9. The van der Waals surface area contributed by atoms with Crippen LogP contribution in [0.25, 0.3) is 17.5 Å². The third-order valence-electron chi connectivity index (χ3n) is 5.09. The molecule has 0 saturated carbocycles. The van der Waals surface area contributed by atoms with E-state index in [2.05, 4.69) is 9.97 Å². The monoisotopic (exact) mass is 464 g/mol. The molecule has 4 heterocycles. The number of methoxy groups -OCH3 is 1. The molecule has 9 nitrogen and oxygen atoms in total. The van der Waals surface area contributed by atoms with Crippen LogP contribution < -0.4 is 20.5 Å². The van der Waals surface area contributed by atoms with Gasteiger partial charge in [-0.3, -0.25) is 19.3 Å². The molecule has 4 rings (SSSR count). The Balaban J connectivity index is 2.12. The summed E-state index contributed by atoms with van der Waals surface area (Å²) >= 11 is 1.09. The van der Waals surface area contributed by atoms with Crippen LogP contribution in [0.3, 0.4) is 0 Å². The maximum Gasteiger partial charge on any atom is 0.338 e. The van der Waals surface area contributed by atoms with Crippen molar-refractivity contribution in [3.8, 4) is 0 Å². The van der Waals surface area contributed by atoms with E-state index >= 15 is 0 Å². The van der Waals surface area contributed by atoms with Crippen molar-refractivity contribution in [2.24, 2.45) is 5.73 Å². The summed E-state index contributed by atoms with van der Waals surface area (Å²) in [6.07, 6.45) is 7.97. The van der Waals surface area contributed by atoms with Gasteiger partial charge in [0.1, 0.15) is 10.5 Å². The zero-order valence-electron chi connectivity index (χ0n) is 17.8. The lowest BCUT2D eigenvalue weighted by Crippen LogP contribution is -2.41. The number of ether oxygens (including phenoxy) is 2. The van der Waals surface area contributed by atoms with Gasteiger partial charge in [0.2, 0.25) is 0 Å². The minimum Gasteiger partial charge on any atom is -0.466 e. The van der Waals surface area contributed by atoms with Crippen molar-refractivity contribution < 1.29 is 19.1 Å². The zero-order valence-corrected chi connectivity index (χ0v) is 18.7. The van der Waals surface area contributed by atoms with Crippen LogP contribution in [0.4, 0.5) is 0 Å². The number of aromatic nitrogens is 3. The highest BCUT2D eigenvalue weighted by Gasteiger charge is 2.39. The molecule has 0 aromatic carbocycles. The number of rotatable bonds is 5. The van der Waals surface area contributed by atoms with Crippen LogP contribution in [0.15, 0.2) is 59.4 Å². The van der Waals surface area contributed by atoms with E-state index < -0.39 is 23.4 Å². The van der Waals surface area contributed by atoms with Crippen LogP contribution in [0, 0.1) is 0 Å². The average molecular weight is 465 g/mol. The van der Waals surface area contributed by atoms with Gasteiger partial charge in [-0.15, -0.1) is 11.3 Å². The fourth-order valence-electron chi connectivity index (χ4n) is 3.66. The minimum absolute atomic E-state index is 0.00805. The van der Waals surface area contributed by atoms with Gasteiger partial charge in [-0.1, -0.05) is 0 Å². The summed E-state index contributed by atoms with van der Waals surface area (Å²) < 4.78 is 12.1. The summed E-state index contributed by atoms with van der Waals surface area (Å²) in [5.41, 5.74) is 7.40. The number of hydrogen-bond donors (Lipinski definition) is 1. The fraction of sp³-hybridized carbons (Fsp3) is 0.174. The Morgan fingerprint density at radius 2 is 1.73 bits per heavy atom. The Morgan fingerprint density at radius 1 is 1.09 bits per heavy atom. The molecule has 1 aliphatic rings. The second-order valence-corrected chi connectivity index (χ2v) is 8.01. The van der Waals surface area contributed by atoms with Crippen LogP contribution in [0.2, 0.25) is 0 Å². The summed E-state index contributed by atoms with van der Waals surface area (Å²) in [6, 6.07) is 6.84. The lowest BCUT2D eigenvalue weighted by atomic mass is 9.83. The summed E-state index contributed by atoms with van der Waals surface area (Å²) in [4.78, 5) is 47.3. The maximum atomic E-state index is 13.3. The van der Waals surface area contributed by atoms with Crippen molar-refractivity contribution in [2.45, 2.75) is 12.8 Å². The maximum absolute atomic E-state index is 13.3. The molecule has 168 valence electrons. The van der Waals surface area contributed by atoms with E-state index in [4.69, 9.17) is 15.2 Å². The first-order chi connectivity index (χ1) is 16.0. The van der Waals surface area contributed by atoms with Gasteiger partial charge in [0.25, 0.3) is 5.56 Å². The van der Waals surface area contributed by atoms with Crippen molar-refractivity contribution in [2.75, 3.05) is 13.7 Å². The highest BCUT2D eigenvalue weighted by molar-refractivity contribution is 7.07. The van der Waals surface area contributed by atoms with Crippen LogP contribution in [-0.2, 0) is 19.1 Å². The Hall–Kier alpha value is -4.05. The summed E-state index contributed by atoms with van der Waals surface area (Å²) in [5.74, 6) is -2.39. The third-order valence-corrected chi connectivity index (χ3v) is 6.20. The third kappa shape index (κ3) is 3.96. The molecule has 0 amide bonds. The van der Waals surface area contributed by atoms with Gasteiger partial charge in [-0.2, -0.15) is 0 Å². The topological polar surface area (TPSA) is 126 Å². The molecular weight excluding hydrogens is 444 g/mol. The quantitative estimate of drug-likeness (QED) is 0.536. The number of fused-ring (bicyclic) bond motifs is 1. The molecule has 0 aliphatic carbocycles. The van der Waals surface area contributed by atoms with E-state index in [1.165, 1.54) is 11.7 Å². The molecule has 0 spiro atoms. The largest absolute Gasteiger partial charge is 0.466 e. The second-order valence-electron chi connectivity index (χ2n) is 6.98. The lowest BCUT2D eigenvalue weighted by molar-refractivity contribution is -0.138. The fourth-order valence-corrected chi connectivity index (χ4v) is 4.83. The van der Waals surface area contributed by atoms with Crippen LogP contribution in [0.1, 0.15) is 24.0 Å². The Kier molecular flexibility index (Phi) is 6.18. The van der Waals surface area contributed by atoms with E-state index in [-0.39, 0.29) is 23.6 Å². The Labute approximate surface area is 192 Å². The molecule has 0 saturated heterocycles. The van der Waals surface area contributed by atoms with Crippen molar-refractivity contribution in [1.82, 2.24) is 14.5 Å². The SMILES string of the molecule is CCOC(=O)C1=C(N)n2c(s/c(=C\c3ccncc3)c2=O)=C(C(=O)OC)C1c1ccncc1. The van der Waals surface area contributed by atoms with E-state index in [9.17, 15) is 14.4 Å². The summed E-state index contributed by atoms with van der Waals surface area (Å²) in [7, 11) is 1.24. The van der Waals surface area contributed by atoms with Crippen molar-refractivity contribution in [3.05, 3.63) is 85.3 Å². The first-order valence-corrected chi connectivity index (χ1v) is 10.8. The highest BCUT2D eigenvalue weighted by Crippen LogP contribution is 2.37. The van der Waals surface area contributed by atoms with Crippen LogP contribution >= 0.6 is 11.3 Å². The number of carbonyl (C=O) groups is 2. The van der Waals surface area contributed by atoms with Gasteiger partial charge in [0.05, 0.1) is 35.3 Å². The standard InChI is InChI=1S/C23H20N4O5S/c1-3-32-23(30)17-16(14-6-10-26-11-7-14)18(22(29)31-2)21-27(19(17)24)20(28)15(33-21)12-13-4-8-25-9-5-13/h4-12,16H,3,24H2,1-2H3/b15-12-. The van der Waals surface area contributed by atoms with Crippen LogP contribution in [0.5, 0.6) is 0 Å². The number of nitrogens with two attached hydrogens (primary N) is 1. The highest BCUT2D eigenvalue weighted by atomic mass is 32.1. The second kappa shape index (κ2) is 9.21. The van der Waals surface area contributed by atoms with E-state index in [1.54, 1.807) is 62.1 Å². The minimum atomic E-state index is -0.897. The van der Waals surface area contributed by atoms with Gasteiger partial charge in [-0.25, -0.2) is 9.59 Å². The molecule has 3 aromatic rings. The molecule has 1 aliphatic heterocycles. The first kappa shape index (κ1) is 22.2.